The van der Waals surface area contributed by atoms with Gasteiger partial charge < -0.3 is 20.6 Å². The van der Waals surface area contributed by atoms with Gasteiger partial charge in [-0.05, 0) is 78.4 Å². The van der Waals surface area contributed by atoms with Gasteiger partial charge in [0.15, 0.2) is 0 Å². The molecular weight excluding hydrogens is 521 g/mol. The second-order valence-electron chi connectivity index (χ2n) is 11.2. The number of carbonyl (C=O) groups is 2. The average molecular weight is 558 g/mol. The van der Waals surface area contributed by atoms with E-state index in [9.17, 15) is 19.1 Å². The normalized spacial score (nSPS) is 13.9. The Hall–Kier alpha value is -4.40. The number of anilines is 3. The molecule has 0 unspecified atom stereocenters. The lowest BCUT2D eigenvalue weighted by Crippen LogP contribution is -2.40. The minimum Gasteiger partial charge on any atom is -0.478 e. The van der Waals surface area contributed by atoms with Crippen LogP contribution >= 0.6 is 0 Å². The number of rotatable bonds is 8. The van der Waals surface area contributed by atoms with E-state index in [-0.39, 0.29) is 11.1 Å². The zero-order valence-corrected chi connectivity index (χ0v) is 23.7. The Morgan fingerprint density at radius 3 is 2.56 bits per heavy atom. The summed E-state index contributed by atoms with van der Waals surface area (Å²) >= 11 is 0. The van der Waals surface area contributed by atoms with Crippen molar-refractivity contribution in [1.29, 1.82) is 0 Å². The Labute approximate surface area is 239 Å². The molecule has 3 aromatic carbocycles. The third-order valence-electron chi connectivity index (χ3n) is 7.53. The molecule has 9 heteroatoms. The fourth-order valence-corrected chi connectivity index (χ4v) is 5.74. The van der Waals surface area contributed by atoms with Gasteiger partial charge in [0, 0.05) is 36.9 Å². The average Bonchev–Trinajstić information content (AvgIpc) is 3.31. The molecule has 1 aliphatic carbocycles. The minimum atomic E-state index is -1.15. The molecule has 1 saturated carbocycles. The number of amides is 2. The fourth-order valence-electron chi connectivity index (χ4n) is 5.74. The van der Waals surface area contributed by atoms with Gasteiger partial charge in [-0.3, -0.25) is 4.68 Å². The van der Waals surface area contributed by atoms with Gasteiger partial charge in [-0.15, -0.1) is 0 Å². The highest BCUT2D eigenvalue weighted by molar-refractivity contribution is 6.04. The van der Waals surface area contributed by atoms with Crippen LogP contribution in [0.4, 0.5) is 26.2 Å². The van der Waals surface area contributed by atoms with Gasteiger partial charge >= 0.3 is 12.0 Å². The Morgan fingerprint density at radius 1 is 1.05 bits per heavy atom. The largest absolute Gasteiger partial charge is 0.478 e. The predicted octanol–water partition coefficient (Wildman–Crippen LogP) is 7.52. The first kappa shape index (κ1) is 28.1. The first-order valence-corrected chi connectivity index (χ1v) is 14.1. The first-order chi connectivity index (χ1) is 19.7. The molecule has 0 radical (unpaired) electrons. The van der Waals surface area contributed by atoms with Gasteiger partial charge in [-0.25, -0.2) is 14.0 Å². The van der Waals surface area contributed by atoms with E-state index in [1.165, 1.54) is 18.6 Å². The Kier molecular flexibility index (Phi) is 8.23. The van der Waals surface area contributed by atoms with Crippen LogP contribution in [0.2, 0.25) is 0 Å². The summed E-state index contributed by atoms with van der Waals surface area (Å²) in [6.45, 7) is 5.15. The molecule has 41 heavy (non-hydrogen) atoms. The molecule has 1 aliphatic rings. The number of fused-ring (bicyclic) bond motifs is 1. The highest BCUT2D eigenvalue weighted by atomic mass is 19.1. The molecule has 4 aromatic rings. The van der Waals surface area contributed by atoms with E-state index in [1.54, 1.807) is 16.8 Å². The summed E-state index contributed by atoms with van der Waals surface area (Å²) in [6.07, 6.45) is 7.55. The van der Waals surface area contributed by atoms with Crippen molar-refractivity contribution in [3.8, 4) is 11.1 Å². The van der Waals surface area contributed by atoms with E-state index >= 15 is 0 Å². The summed E-state index contributed by atoms with van der Waals surface area (Å²) in [5.41, 5.74) is 3.59. The van der Waals surface area contributed by atoms with E-state index in [4.69, 9.17) is 0 Å². The molecule has 2 amide bonds. The minimum absolute atomic E-state index is 0.00867. The number of aryl methyl sites for hydroxylation is 1. The number of aromatic carboxylic acids is 1. The number of nitrogens with zero attached hydrogens (tertiary/aromatic N) is 3. The number of urea groups is 1. The standard InChI is InChI=1S/C32H36FN5O3/c1-20(2)18-38(25-7-5-4-6-8-25)30-14-9-21(27-17-23(33)10-12-26(27)31(39)40)16-29(30)35-32(41)34-24-11-13-28-22(15-24)19-37(3)36-28/h9-17,19-20,25H,4-8,18H2,1-3H3,(H,39,40)(H2,34,35,41). The van der Waals surface area contributed by atoms with E-state index < -0.39 is 17.8 Å². The number of aromatic nitrogens is 2. The maximum atomic E-state index is 14.3. The van der Waals surface area contributed by atoms with Crippen molar-refractivity contribution in [3.05, 3.63) is 72.2 Å². The number of hydrogen-bond acceptors (Lipinski definition) is 4. The number of carboxylic acids is 1. The van der Waals surface area contributed by atoms with Gasteiger partial charge in [0.1, 0.15) is 5.82 Å². The van der Waals surface area contributed by atoms with Crippen molar-refractivity contribution < 1.29 is 19.1 Å². The molecule has 1 aromatic heterocycles. The van der Waals surface area contributed by atoms with Crippen molar-refractivity contribution in [2.24, 2.45) is 13.0 Å². The summed E-state index contributed by atoms with van der Waals surface area (Å²) in [5, 5.41) is 21.0. The lowest BCUT2D eigenvalue weighted by Gasteiger charge is -2.38. The molecule has 214 valence electrons. The zero-order chi connectivity index (χ0) is 29.1. The molecular formula is C32H36FN5O3. The number of hydrogen-bond donors (Lipinski definition) is 3. The third-order valence-corrected chi connectivity index (χ3v) is 7.53. The van der Waals surface area contributed by atoms with Crippen LogP contribution in [0, 0.1) is 11.7 Å². The van der Waals surface area contributed by atoms with Gasteiger partial charge in [0.2, 0.25) is 0 Å². The van der Waals surface area contributed by atoms with Crippen LogP contribution in [-0.4, -0.2) is 39.5 Å². The number of carbonyl (C=O) groups excluding carboxylic acids is 1. The van der Waals surface area contributed by atoms with E-state index in [2.05, 4.69) is 34.5 Å². The molecule has 1 fully saturated rings. The van der Waals surface area contributed by atoms with Crippen LogP contribution < -0.4 is 15.5 Å². The second kappa shape index (κ2) is 12.0. The topological polar surface area (TPSA) is 99.5 Å². The van der Waals surface area contributed by atoms with Crippen molar-refractivity contribution in [3.63, 3.8) is 0 Å². The molecule has 5 rings (SSSR count). The van der Waals surface area contributed by atoms with Crippen LogP contribution in [0.1, 0.15) is 56.3 Å². The van der Waals surface area contributed by atoms with E-state index in [0.29, 0.717) is 28.9 Å². The lowest BCUT2D eigenvalue weighted by molar-refractivity contribution is 0.0697. The Bertz CT molecular complexity index is 1580. The smallest absolute Gasteiger partial charge is 0.336 e. The molecule has 1 heterocycles. The van der Waals surface area contributed by atoms with Gasteiger partial charge in [-0.1, -0.05) is 39.2 Å². The van der Waals surface area contributed by atoms with Crippen LogP contribution in [0.3, 0.4) is 0 Å². The summed E-state index contributed by atoms with van der Waals surface area (Å²) in [6, 6.07) is 14.5. The number of carboxylic acid groups (broad SMARTS) is 1. The van der Waals surface area contributed by atoms with Crippen molar-refractivity contribution in [1.82, 2.24) is 9.78 Å². The molecule has 0 saturated heterocycles. The van der Waals surface area contributed by atoms with E-state index in [0.717, 1.165) is 54.9 Å². The molecule has 0 aliphatic heterocycles. The summed E-state index contributed by atoms with van der Waals surface area (Å²) < 4.78 is 16.0. The quantitative estimate of drug-likeness (QED) is 0.208. The number of benzene rings is 3. The molecule has 0 spiro atoms. The third kappa shape index (κ3) is 6.51. The summed E-state index contributed by atoms with van der Waals surface area (Å²) in [4.78, 5) is 27.7. The van der Waals surface area contributed by atoms with Crippen molar-refractivity contribution in [2.45, 2.75) is 52.0 Å². The van der Waals surface area contributed by atoms with Crippen molar-refractivity contribution >= 4 is 40.0 Å². The fraction of sp³-hybridized carbons (Fsp3) is 0.344. The van der Waals surface area contributed by atoms with E-state index in [1.807, 2.05) is 37.5 Å². The molecule has 0 atom stereocenters. The Balaban J connectivity index is 1.54. The summed E-state index contributed by atoms with van der Waals surface area (Å²) in [7, 11) is 1.85. The highest BCUT2D eigenvalue weighted by Gasteiger charge is 2.25. The van der Waals surface area contributed by atoms with Crippen LogP contribution in [0.25, 0.3) is 22.0 Å². The maximum Gasteiger partial charge on any atom is 0.336 e. The zero-order valence-electron chi connectivity index (χ0n) is 23.7. The van der Waals surface area contributed by atoms with Gasteiger partial charge in [0.05, 0.1) is 22.5 Å². The van der Waals surface area contributed by atoms with Gasteiger partial charge in [-0.2, -0.15) is 5.10 Å². The molecule has 3 N–H and O–H groups in total. The first-order valence-electron chi connectivity index (χ1n) is 14.1. The van der Waals surface area contributed by atoms with Crippen LogP contribution in [0.5, 0.6) is 0 Å². The molecule has 0 bridgehead atoms. The highest BCUT2D eigenvalue weighted by Crippen LogP contribution is 2.37. The lowest BCUT2D eigenvalue weighted by atomic mass is 9.92. The number of nitrogens with one attached hydrogen (secondary N) is 2. The van der Waals surface area contributed by atoms with Gasteiger partial charge in [0.25, 0.3) is 0 Å². The Morgan fingerprint density at radius 2 is 1.83 bits per heavy atom. The summed E-state index contributed by atoms with van der Waals surface area (Å²) in [5.74, 6) is -1.30. The second-order valence-corrected chi connectivity index (χ2v) is 11.2. The maximum absolute atomic E-state index is 14.3. The molecule has 8 nitrogen and oxygen atoms in total. The number of halogens is 1. The van der Waals surface area contributed by atoms with Crippen LogP contribution in [0.15, 0.2) is 60.8 Å². The monoisotopic (exact) mass is 557 g/mol. The predicted molar refractivity (Wildman–Crippen MR) is 161 cm³/mol. The SMILES string of the molecule is CC(C)CN(c1ccc(-c2cc(F)ccc2C(=O)O)cc1NC(=O)Nc1ccc2nn(C)cc2c1)C1CCCCC1. The van der Waals surface area contributed by atoms with Crippen molar-refractivity contribution in [2.75, 3.05) is 22.1 Å². The van der Waals surface area contributed by atoms with Crippen LogP contribution in [-0.2, 0) is 7.05 Å².